The molecule has 0 atom stereocenters. The first-order chi connectivity index (χ1) is 10.6. The molecule has 0 amide bonds. The van der Waals surface area contributed by atoms with Crippen LogP contribution in [0.1, 0.15) is 12.2 Å². The number of hydrogen-bond donors (Lipinski definition) is 1. The van der Waals surface area contributed by atoms with E-state index in [0.717, 1.165) is 43.1 Å². The molecule has 7 heteroatoms. The average Bonchev–Trinajstić information content (AvgIpc) is 2.95. The van der Waals surface area contributed by atoms with Crippen LogP contribution in [0, 0.1) is 0 Å². The van der Waals surface area contributed by atoms with Crippen molar-refractivity contribution in [2.75, 3.05) is 34.3 Å². The largest absolute Gasteiger partial charge is 0.495 e. The van der Waals surface area contributed by atoms with Gasteiger partial charge in [-0.1, -0.05) is 11.6 Å². The Bertz CT molecular complexity index is 603. The number of benzene rings is 1. The van der Waals surface area contributed by atoms with Crippen molar-refractivity contribution >= 4 is 36.4 Å². The minimum atomic E-state index is 0. The zero-order chi connectivity index (χ0) is 15.9. The van der Waals surface area contributed by atoms with Crippen molar-refractivity contribution in [2.24, 2.45) is 0 Å². The van der Waals surface area contributed by atoms with Crippen LogP contribution in [0.5, 0.6) is 5.75 Å². The van der Waals surface area contributed by atoms with E-state index in [1.165, 1.54) is 0 Å². The van der Waals surface area contributed by atoms with Crippen LogP contribution < -0.4 is 10.1 Å². The van der Waals surface area contributed by atoms with E-state index >= 15 is 0 Å². The van der Waals surface area contributed by atoms with Gasteiger partial charge in [-0.2, -0.15) is 0 Å². The zero-order valence-corrected chi connectivity index (χ0v) is 16.6. The fourth-order valence-corrected chi connectivity index (χ4v) is 2.44. The van der Waals surface area contributed by atoms with Crippen molar-refractivity contribution < 1.29 is 9.15 Å². The lowest BCUT2D eigenvalue weighted by atomic mass is 10.2. The fraction of sp³-hybridized carbons (Fsp3) is 0.412. The number of nitrogens with zero attached hydrogens (tertiary/aromatic N) is 1. The van der Waals surface area contributed by atoms with E-state index in [1.54, 1.807) is 7.11 Å². The van der Waals surface area contributed by atoms with Gasteiger partial charge in [-0.25, -0.2) is 0 Å². The molecule has 4 nitrogen and oxygen atoms in total. The van der Waals surface area contributed by atoms with E-state index in [-0.39, 0.29) is 24.8 Å². The monoisotopic (exact) mass is 394 g/mol. The van der Waals surface area contributed by atoms with Gasteiger partial charge in [0.2, 0.25) is 0 Å². The minimum absolute atomic E-state index is 0. The van der Waals surface area contributed by atoms with Crippen LogP contribution >= 0.6 is 36.4 Å². The lowest BCUT2D eigenvalue weighted by Gasteiger charge is -2.09. The minimum Gasteiger partial charge on any atom is -0.495 e. The second-order valence-electron chi connectivity index (χ2n) is 5.45. The van der Waals surface area contributed by atoms with E-state index < -0.39 is 0 Å². The van der Waals surface area contributed by atoms with Crippen LogP contribution in [0.2, 0.25) is 5.02 Å². The van der Waals surface area contributed by atoms with Crippen molar-refractivity contribution in [3.05, 3.63) is 41.1 Å². The maximum Gasteiger partial charge on any atom is 0.137 e. The lowest BCUT2D eigenvalue weighted by molar-refractivity contribution is 0.391. The van der Waals surface area contributed by atoms with Crippen LogP contribution in [0.3, 0.4) is 0 Å². The van der Waals surface area contributed by atoms with E-state index in [9.17, 15) is 0 Å². The summed E-state index contributed by atoms with van der Waals surface area (Å²) in [5, 5.41) is 3.97. The number of methoxy groups -OCH3 is 1. The molecule has 1 heterocycles. The number of nitrogens with one attached hydrogen (secondary N) is 1. The quantitative estimate of drug-likeness (QED) is 0.668. The highest BCUT2D eigenvalue weighted by Gasteiger charge is 2.08. The number of ether oxygens (including phenoxy) is 1. The van der Waals surface area contributed by atoms with Crippen molar-refractivity contribution in [3.8, 4) is 17.1 Å². The number of rotatable bonds is 8. The molecule has 1 aromatic carbocycles. The third kappa shape index (κ3) is 6.91. The Balaban J connectivity index is 0.00000264. The molecule has 0 unspecified atom stereocenters. The van der Waals surface area contributed by atoms with Gasteiger partial charge in [-0.3, -0.25) is 0 Å². The molecule has 0 spiro atoms. The van der Waals surface area contributed by atoms with Crippen molar-refractivity contribution in [2.45, 2.75) is 13.0 Å². The summed E-state index contributed by atoms with van der Waals surface area (Å²) < 4.78 is 11.0. The van der Waals surface area contributed by atoms with Crippen LogP contribution in [0.15, 0.2) is 34.7 Å². The fourth-order valence-electron chi connectivity index (χ4n) is 2.18. The maximum atomic E-state index is 6.15. The van der Waals surface area contributed by atoms with E-state index in [1.807, 2.05) is 30.3 Å². The molecular weight excluding hydrogens is 371 g/mol. The number of furan rings is 1. The molecule has 0 fully saturated rings. The van der Waals surface area contributed by atoms with Crippen LogP contribution in [-0.4, -0.2) is 39.2 Å². The zero-order valence-electron chi connectivity index (χ0n) is 14.2. The summed E-state index contributed by atoms with van der Waals surface area (Å²) in [4.78, 5) is 2.18. The molecule has 0 aliphatic heterocycles. The number of halogens is 3. The highest BCUT2D eigenvalue weighted by atomic mass is 35.5. The van der Waals surface area contributed by atoms with Gasteiger partial charge in [0.1, 0.15) is 17.3 Å². The number of hydrogen-bond acceptors (Lipinski definition) is 4. The maximum absolute atomic E-state index is 6.15. The van der Waals surface area contributed by atoms with Gasteiger partial charge in [0.15, 0.2) is 0 Å². The lowest BCUT2D eigenvalue weighted by Crippen LogP contribution is -2.20. The van der Waals surface area contributed by atoms with Gasteiger partial charge in [-0.05, 0) is 63.9 Å². The first-order valence-electron chi connectivity index (χ1n) is 7.38. The highest BCUT2D eigenvalue weighted by molar-refractivity contribution is 6.32. The molecule has 0 aliphatic rings. The molecule has 1 aromatic heterocycles. The van der Waals surface area contributed by atoms with Gasteiger partial charge in [0.05, 0.1) is 18.7 Å². The Hall–Kier alpha value is -0.910. The first-order valence-corrected chi connectivity index (χ1v) is 7.76. The van der Waals surface area contributed by atoms with E-state index in [2.05, 4.69) is 24.3 Å². The topological polar surface area (TPSA) is 37.6 Å². The summed E-state index contributed by atoms with van der Waals surface area (Å²) in [5.74, 6) is 2.40. The molecule has 1 N–H and O–H groups in total. The predicted molar refractivity (Wildman–Crippen MR) is 105 cm³/mol. The summed E-state index contributed by atoms with van der Waals surface area (Å²) in [5.41, 5.74) is 0.949. The molecule has 0 saturated heterocycles. The van der Waals surface area contributed by atoms with E-state index in [4.69, 9.17) is 20.8 Å². The normalized spacial score (nSPS) is 10.2. The molecule has 136 valence electrons. The second-order valence-corrected chi connectivity index (χ2v) is 5.86. The van der Waals surface area contributed by atoms with Gasteiger partial charge >= 0.3 is 0 Å². The molecule has 2 aromatic rings. The van der Waals surface area contributed by atoms with Crippen LogP contribution in [-0.2, 0) is 6.54 Å². The molecule has 0 bridgehead atoms. The summed E-state index contributed by atoms with van der Waals surface area (Å²) in [7, 11) is 5.77. The first kappa shape index (κ1) is 23.1. The van der Waals surface area contributed by atoms with Crippen molar-refractivity contribution in [1.82, 2.24) is 10.2 Å². The third-order valence-electron chi connectivity index (χ3n) is 3.36. The Morgan fingerprint density at radius 1 is 1.17 bits per heavy atom. The molecule has 0 aliphatic carbocycles. The SMILES string of the molecule is COc1ccc(-c2ccc(CNCCCN(C)C)o2)cc1Cl.Cl.Cl. The Morgan fingerprint density at radius 2 is 1.92 bits per heavy atom. The molecular formula is C17H25Cl3N2O2. The van der Waals surface area contributed by atoms with Crippen molar-refractivity contribution in [3.63, 3.8) is 0 Å². The molecule has 24 heavy (non-hydrogen) atoms. The summed E-state index contributed by atoms with van der Waals surface area (Å²) >= 11 is 6.15. The van der Waals surface area contributed by atoms with Gasteiger partial charge < -0.3 is 19.4 Å². The van der Waals surface area contributed by atoms with E-state index in [0.29, 0.717) is 10.8 Å². The van der Waals surface area contributed by atoms with Crippen molar-refractivity contribution in [1.29, 1.82) is 0 Å². The van der Waals surface area contributed by atoms with Gasteiger partial charge in [0.25, 0.3) is 0 Å². The summed E-state index contributed by atoms with van der Waals surface area (Å²) in [6.07, 6.45) is 1.12. The van der Waals surface area contributed by atoms with Gasteiger partial charge in [0, 0.05) is 5.56 Å². The third-order valence-corrected chi connectivity index (χ3v) is 3.65. The standard InChI is InChI=1S/C17H23ClN2O2.2ClH/c1-20(2)10-4-9-19-12-14-6-8-16(22-14)13-5-7-17(21-3)15(18)11-13;;/h5-8,11,19H,4,9-10,12H2,1-3H3;2*1H. The average molecular weight is 396 g/mol. The Kier molecular flexibility index (Phi) is 11.2. The molecule has 0 saturated carbocycles. The molecule has 0 radical (unpaired) electrons. The van der Waals surface area contributed by atoms with Gasteiger partial charge in [-0.15, -0.1) is 24.8 Å². The van der Waals surface area contributed by atoms with Crippen LogP contribution in [0.25, 0.3) is 11.3 Å². The Morgan fingerprint density at radius 3 is 2.54 bits per heavy atom. The summed E-state index contributed by atoms with van der Waals surface area (Å²) in [6, 6.07) is 9.60. The highest BCUT2D eigenvalue weighted by Crippen LogP contribution is 2.31. The Labute approximate surface area is 161 Å². The summed E-state index contributed by atoms with van der Waals surface area (Å²) in [6.45, 7) is 2.79. The predicted octanol–water partition coefficient (Wildman–Crippen LogP) is 4.49. The van der Waals surface area contributed by atoms with Crippen LogP contribution in [0.4, 0.5) is 0 Å². The smallest absolute Gasteiger partial charge is 0.137 e. The second kappa shape index (κ2) is 11.6. The molecule has 2 rings (SSSR count).